The topological polar surface area (TPSA) is 3.24 Å². The third-order valence-electron chi connectivity index (χ3n) is 3.49. The number of hydrogen-bond donors (Lipinski definition) is 0. The molecule has 0 aromatic rings. The van der Waals surface area contributed by atoms with Crippen molar-refractivity contribution >= 4 is 0 Å². The summed E-state index contributed by atoms with van der Waals surface area (Å²) in [6.45, 7) is 13.3. The number of rotatable bonds is 1. The first-order chi connectivity index (χ1) is 6.04. The first kappa shape index (κ1) is 11.0. The SMILES string of the molecule is CCN1CCC[C@H](C(C)(C)C)CC1. The van der Waals surface area contributed by atoms with Gasteiger partial charge in [0.2, 0.25) is 0 Å². The third kappa shape index (κ3) is 3.30. The molecule has 1 aliphatic heterocycles. The van der Waals surface area contributed by atoms with Crippen molar-refractivity contribution in [1.29, 1.82) is 0 Å². The van der Waals surface area contributed by atoms with Crippen LogP contribution in [0.5, 0.6) is 0 Å². The zero-order valence-electron chi connectivity index (χ0n) is 9.77. The lowest BCUT2D eigenvalue weighted by atomic mass is 9.77. The maximum Gasteiger partial charge on any atom is -0.00160 e. The zero-order chi connectivity index (χ0) is 9.90. The average molecular weight is 183 g/mol. The summed E-state index contributed by atoms with van der Waals surface area (Å²) in [6.07, 6.45) is 4.23. The van der Waals surface area contributed by atoms with Crippen LogP contribution in [0.1, 0.15) is 47.0 Å². The van der Waals surface area contributed by atoms with Gasteiger partial charge in [-0.3, -0.25) is 0 Å². The van der Waals surface area contributed by atoms with E-state index in [0.29, 0.717) is 5.41 Å². The normalized spacial score (nSPS) is 27.2. The largest absolute Gasteiger partial charge is 0.304 e. The van der Waals surface area contributed by atoms with Gasteiger partial charge in [0.05, 0.1) is 0 Å². The maximum absolute atomic E-state index is 2.59. The van der Waals surface area contributed by atoms with Crippen LogP contribution in [-0.2, 0) is 0 Å². The molecular weight excluding hydrogens is 158 g/mol. The Morgan fingerprint density at radius 3 is 2.38 bits per heavy atom. The second kappa shape index (κ2) is 4.45. The standard InChI is InChI=1S/C12H25N/c1-5-13-9-6-7-11(8-10-13)12(2,3)4/h11H,5-10H2,1-4H3/t11-/m0/s1. The molecule has 1 heterocycles. The van der Waals surface area contributed by atoms with Crippen LogP contribution in [0.15, 0.2) is 0 Å². The molecule has 1 atom stereocenters. The van der Waals surface area contributed by atoms with Gasteiger partial charge in [-0.15, -0.1) is 0 Å². The Morgan fingerprint density at radius 2 is 1.85 bits per heavy atom. The van der Waals surface area contributed by atoms with Crippen LogP contribution in [0, 0.1) is 11.3 Å². The molecule has 1 nitrogen and oxygen atoms in total. The van der Waals surface area contributed by atoms with Crippen molar-refractivity contribution in [1.82, 2.24) is 4.90 Å². The van der Waals surface area contributed by atoms with E-state index in [-0.39, 0.29) is 0 Å². The number of hydrogen-bond acceptors (Lipinski definition) is 1. The summed E-state index contributed by atoms with van der Waals surface area (Å²) in [6, 6.07) is 0. The van der Waals surface area contributed by atoms with Gasteiger partial charge in [0.1, 0.15) is 0 Å². The minimum absolute atomic E-state index is 0.518. The molecule has 0 aromatic carbocycles. The second-order valence-electron chi connectivity index (χ2n) is 5.43. The van der Waals surface area contributed by atoms with E-state index in [1.807, 2.05) is 0 Å². The van der Waals surface area contributed by atoms with Crippen LogP contribution >= 0.6 is 0 Å². The molecule has 0 N–H and O–H groups in total. The molecule has 1 fully saturated rings. The fourth-order valence-electron chi connectivity index (χ4n) is 2.34. The first-order valence-corrected chi connectivity index (χ1v) is 5.76. The Bertz CT molecular complexity index is 146. The second-order valence-corrected chi connectivity index (χ2v) is 5.43. The van der Waals surface area contributed by atoms with Gasteiger partial charge in [-0.05, 0) is 50.2 Å². The Morgan fingerprint density at radius 1 is 1.15 bits per heavy atom. The molecule has 1 aliphatic rings. The molecule has 0 unspecified atom stereocenters. The highest BCUT2D eigenvalue weighted by Crippen LogP contribution is 2.34. The Kier molecular flexibility index (Phi) is 3.78. The van der Waals surface area contributed by atoms with Gasteiger partial charge < -0.3 is 4.90 Å². The van der Waals surface area contributed by atoms with Gasteiger partial charge in [0.25, 0.3) is 0 Å². The summed E-state index contributed by atoms with van der Waals surface area (Å²) in [5.74, 6) is 0.934. The minimum atomic E-state index is 0.518. The summed E-state index contributed by atoms with van der Waals surface area (Å²) >= 11 is 0. The molecule has 0 radical (unpaired) electrons. The molecule has 13 heavy (non-hydrogen) atoms. The van der Waals surface area contributed by atoms with Crippen LogP contribution < -0.4 is 0 Å². The van der Waals surface area contributed by atoms with Crippen molar-refractivity contribution in [3.63, 3.8) is 0 Å². The van der Waals surface area contributed by atoms with Crippen LogP contribution in [-0.4, -0.2) is 24.5 Å². The summed E-state index contributed by atoms with van der Waals surface area (Å²) in [7, 11) is 0. The monoisotopic (exact) mass is 183 g/mol. The highest BCUT2D eigenvalue weighted by atomic mass is 15.1. The Labute approximate surface area is 83.5 Å². The fraction of sp³-hybridized carbons (Fsp3) is 1.00. The molecule has 1 rings (SSSR count). The summed E-state index contributed by atoms with van der Waals surface area (Å²) in [4.78, 5) is 2.59. The van der Waals surface area contributed by atoms with Crippen molar-refractivity contribution < 1.29 is 0 Å². The van der Waals surface area contributed by atoms with E-state index < -0.39 is 0 Å². The first-order valence-electron chi connectivity index (χ1n) is 5.76. The molecule has 1 saturated heterocycles. The van der Waals surface area contributed by atoms with Gasteiger partial charge in [-0.25, -0.2) is 0 Å². The van der Waals surface area contributed by atoms with Gasteiger partial charge in [-0.1, -0.05) is 27.7 Å². The lowest BCUT2D eigenvalue weighted by molar-refractivity contribution is 0.210. The molecule has 78 valence electrons. The highest BCUT2D eigenvalue weighted by molar-refractivity contribution is 4.78. The molecule has 0 amide bonds. The van der Waals surface area contributed by atoms with E-state index >= 15 is 0 Å². The summed E-state index contributed by atoms with van der Waals surface area (Å²) < 4.78 is 0. The van der Waals surface area contributed by atoms with Crippen molar-refractivity contribution in [3.8, 4) is 0 Å². The molecular formula is C12H25N. The van der Waals surface area contributed by atoms with Crippen molar-refractivity contribution in [3.05, 3.63) is 0 Å². The van der Waals surface area contributed by atoms with Crippen molar-refractivity contribution in [2.24, 2.45) is 11.3 Å². The Hall–Kier alpha value is -0.0400. The predicted molar refractivity (Wildman–Crippen MR) is 58.9 cm³/mol. The predicted octanol–water partition coefficient (Wildman–Crippen LogP) is 3.15. The van der Waals surface area contributed by atoms with Crippen LogP contribution in [0.3, 0.4) is 0 Å². The molecule has 0 aliphatic carbocycles. The summed E-state index contributed by atoms with van der Waals surface area (Å²) in [5, 5.41) is 0. The molecule has 0 spiro atoms. The molecule has 1 heteroatoms. The van der Waals surface area contributed by atoms with E-state index in [1.165, 1.54) is 38.9 Å². The van der Waals surface area contributed by atoms with E-state index in [0.717, 1.165) is 5.92 Å². The average Bonchev–Trinajstić information content (AvgIpc) is 2.26. The van der Waals surface area contributed by atoms with Crippen LogP contribution in [0.2, 0.25) is 0 Å². The van der Waals surface area contributed by atoms with Gasteiger partial charge in [0, 0.05) is 0 Å². The fourth-order valence-corrected chi connectivity index (χ4v) is 2.34. The lowest BCUT2D eigenvalue weighted by Gasteiger charge is -2.29. The van der Waals surface area contributed by atoms with E-state index in [2.05, 4.69) is 32.6 Å². The lowest BCUT2D eigenvalue weighted by Crippen LogP contribution is -2.25. The zero-order valence-corrected chi connectivity index (χ0v) is 9.77. The van der Waals surface area contributed by atoms with Gasteiger partial charge >= 0.3 is 0 Å². The van der Waals surface area contributed by atoms with Crippen molar-refractivity contribution in [2.45, 2.75) is 47.0 Å². The van der Waals surface area contributed by atoms with E-state index in [4.69, 9.17) is 0 Å². The molecule has 0 aromatic heterocycles. The summed E-state index contributed by atoms with van der Waals surface area (Å²) in [5.41, 5.74) is 0.518. The smallest absolute Gasteiger partial charge is 0.00160 e. The minimum Gasteiger partial charge on any atom is -0.304 e. The Balaban J connectivity index is 2.45. The quantitative estimate of drug-likeness (QED) is 0.603. The van der Waals surface area contributed by atoms with Gasteiger partial charge in [0.15, 0.2) is 0 Å². The van der Waals surface area contributed by atoms with Crippen LogP contribution in [0.25, 0.3) is 0 Å². The molecule has 0 bridgehead atoms. The highest BCUT2D eigenvalue weighted by Gasteiger charge is 2.26. The van der Waals surface area contributed by atoms with Crippen LogP contribution in [0.4, 0.5) is 0 Å². The van der Waals surface area contributed by atoms with E-state index in [1.54, 1.807) is 0 Å². The van der Waals surface area contributed by atoms with Gasteiger partial charge in [-0.2, -0.15) is 0 Å². The third-order valence-corrected chi connectivity index (χ3v) is 3.49. The van der Waals surface area contributed by atoms with Crippen molar-refractivity contribution in [2.75, 3.05) is 19.6 Å². The number of nitrogens with zero attached hydrogens (tertiary/aromatic N) is 1. The maximum atomic E-state index is 2.59. The molecule has 0 saturated carbocycles. The van der Waals surface area contributed by atoms with E-state index in [9.17, 15) is 0 Å². The number of likely N-dealkylation sites (tertiary alicyclic amines) is 1.